The molecular weight excluding hydrogens is 404 g/mol. The van der Waals surface area contributed by atoms with Gasteiger partial charge in [0.2, 0.25) is 0 Å². The molecule has 1 aliphatic carbocycles. The molecular formula is C30H26N2O. The van der Waals surface area contributed by atoms with Gasteiger partial charge in [-0.25, -0.2) is 4.68 Å². The van der Waals surface area contributed by atoms with Crippen molar-refractivity contribution in [2.24, 2.45) is 0 Å². The van der Waals surface area contributed by atoms with E-state index in [0.717, 1.165) is 35.2 Å². The van der Waals surface area contributed by atoms with Gasteiger partial charge >= 0.3 is 0 Å². The van der Waals surface area contributed by atoms with Gasteiger partial charge in [-0.2, -0.15) is 5.10 Å². The highest BCUT2D eigenvalue weighted by Gasteiger charge is 2.40. The molecule has 1 aliphatic rings. The second-order valence-electron chi connectivity index (χ2n) is 8.80. The lowest BCUT2D eigenvalue weighted by Gasteiger charge is -2.37. The lowest BCUT2D eigenvalue weighted by molar-refractivity contribution is 0.303. The molecule has 0 amide bonds. The van der Waals surface area contributed by atoms with Gasteiger partial charge in [0, 0.05) is 5.39 Å². The van der Waals surface area contributed by atoms with Crippen LogP contribution in [-0.2, 0) is 5.54 Å². The molecule has 1 fully saturated rings. The smallest absolute Gasteiger partial charge is 0.138 e. The first kappa shape index (κ1) is 19.8. The highest BCUT2D eigenvalue weighted by Crippen LogP contribution is 2.43. The molecule has 0 N–H and O–H groups in total. The second kappa shape index (κ2) is 7.93. The summed E-state index contributed by atoms with van der Waals surface area (Å²) in [5.41, 5.74) is 4.99. The lowest BCUT2D eigenvalue weighted by Crippen LogP contribution is -2.38. The number of fused-ring (bicyclic) bond motifs is 1. The van der Waals surface area contributed by atoms with E-state index in [2.05, 4.69) is 121 Å². The van der Waals surface area contributed by atoms with Gasteiger partial charge in [-0.1, -0.05) is 91.0 Å². The molecule has 4 aromatic carbocycles. The number of aryl methyl sites for hydroxylation is 1. The molecule has 0 spiro atoms. The molecule has 3 nitrogen and oxygen atoms in total. The summed E-state index contributed by atoms with van der Waals surface area (Å²) in [4.78, 5) is 0. The van der Waals surface area contributed by atoms with Crippen molar-refractivity contribution < 1.29 is 4.74 Å². The molecule has 0 unspecified atom stereocenters. The van der Waals surface area contributed by atoms with Crippen LogP contribution >= 0.6 is 0 Å². The van der Waals surface area contributed by atoms with E-state index >= 15 is 0 Å². The Morgan fingerprint density at radius 2 is 1.24 bits per heavy atom. The Morgan fingerprint density at radius 1 is 0.727 bits per heavy atom. The summed E-state index contributed by atoms with van der Waals surface area (Å²) in [6.07, 6.45) is 2.67. The molecule has 1 saturated carbocycles. The fourth-order valence-electron chi connectivity index (χ4n) is 4.86. The maximum Gasteiger partial charge on any atom is 0.138 e. The van der Waals surface area contributed by atoms with Crippen LogP contribution in [0.25, 0.3) is 10.9 Å². The van der Waals surface area contributed by atoms with Crippen LogP contribution in [0.4, 0.5) is 0 Å². The van der Waals surface area contributed by atoms with Crippen molar-refractivity contribution in [2.45, 2.75) is 31.4 Å². The quantitative estimate of drug-likeness (QED) is 0.279. The monoisotopic (exact) mass is 430 g/mol. The van der Waals surface area contributed by atoms with E-state index in [1.54, 1.807) is 0 Å². The molecule has 0 bridgehead atoms. The van der Waals surface area contributed by atoms with Gasteiger partial charge in [0.05, 0.1) is 17.3 Å². The van der Waals surface area contributed by atoms with Crippen molar-refractivity contribution in [3.63, 3.8) is 0 Å². The largest absolute Gasteiger partial charge is 0.490 e. The van der Waals surface area contributed by atoms with Crippen LogP contribution in [0.2, 0.25) is 0 Å². The molecule has 0 saturated heterocycles. The Hall–Kier alpha value is -3.85. The summed E-state index contributed by atoms with van der Waals surface area (Å²) in [5.74, 6) is 0.928. The van der Waals surface area contributed by atoms with Gasteiger partial charge in [-0.15, -0.1) is 0 Å². The molecule has 0 atom stereocenters. The minimum absolute atomic E-state index is 0.370. The first-order chi connectivity index (χ1) is 16.3. The maximum atomic E-state index is 6.10. The van der Waals surface area contributed by atoms with Crippen LogP contribution < -0.4 is 4.74 Å². The van der Waals surface area contributed by atoms with Crippen molar-refractivity contribution in [2.75, 3.05) is 0 Å². The lowest BCUT2D eigenvalue weighted by atomic mass is 9.77. The summed E-state index contributed by atoms with van der Waals surface area (Å²) >= 11 is 0. The third-order valence-corrected chi connectivity index (χ3v) is 6.56. The van der Waals surface area contributed by atoms with Crippen LogP contribution in [0.3, 0.4) is 0 Å². The van der Waals surface area contributed by atoms with Gasteiger partial charge in [0.25, 0.3) is 0 Å². The van der Waals surface area contributed by atoms with Crippen LogP contribution in [0.1, 0.15) is 35.2 Å². The number of hydrogen-bond donors (Lipinski definition) is 0. The highest BCUT2D eigenvalue weighted by atomic mass is 16.5. The van der Waals surface area contributed by atoms with Gasteiger partial charge < -0.3 is 4.74 Å². The average Bonchev–Trinajstić information content (AvgIpc) is 3.64. The van der Waals surface area contributed by atoms with Crippen molar-refractivity contribution in [1.82, 2.24) is 9.78 Å². The van der Waals surface area contributed by atoms with Crippen molar-refractivity contribution in [1.29, 1.82) is 0 Å². The molecule has 33 heavy (non-hydrogen) atoms. The van der Waals surface area contributed by atoms with E-state index in [1.807, 2.05) is 0 Å². The first-order valence-corrected chi connectivity index (χ1v) is 11.6. The van der Waals surface area contributed by atoms with E-state index in [1.165, 1.54) is 16.7 Å². The fraction of sp³-hybridized carbons (Fsp3) is 0.167. The summed E-state index contributed by atoms with van der Waals surface area (Å²) < 4.78 is 8.31. The molecule has 0 radical (unpaired) electrons. The molecule has 0 aliphatic heterocycles. The predicted octanol–water partition coefficient (Wildman–Crippen LogP) is 6.73. The van der Waals surface area contributed by atoms with Crippen molar-refractivity contribution in [3.05, 3.63) is 132 Å². The van der Waals surface area contributed by atoms with Gasteiger partial charge in [0.1, 0.15) is 11.3 Å². The third kappa shape index (κ3) is 3.32. The summed E-state index contributed by atoms with van der Waals surface area (Å²) in [6, 6.07) is 38.5. The Labute approximate surface area is 194 Å². The highest BCUT2D eigenvalue weighted by molar-refractivity contribution is 5.84. The van der Waals surface area contributed by atoms with Crippen LogP contribution in [0.15, 0.2) is 109 Å². The molecule has 6 rings (SSSR count). The summed E-state index contributed by atoms with van der Waals surface area (Å²) in [6.45, 7) is 2.09. The summed E-state index contributed by atoms with van der Waals surface area (Å²) in [5, 5.41) is 6.31. The maximum absolute atomic E-state index is 6.10. The van der Waals surface area contributed by atoms with Crippen molar-refractivity contribution >= 4 is 10.9 Å². The Morgan fingerprint density at radius 3 is 1.73 bits per heavy atom. The SMILES string of the molecule is Cc1nn(C(c2ccccc2)(c2ccccc2)c2ccccc2)c2ccc(OC3CC3)cc12. The fourth-order valence-corrected chi connectivity index (χ4v) is 4.86. The van der Waals surface area contributed by atoms with E-state index in [4.69, 9.17) is 9.84 Å². The van der Waals surface area contributed by atoms with Gasteiger partial charge in [-0.3, -0.25) is 0 Å². The van der Waals surface area contributed by atoms with E-state index in [-0.39, 0.29) is 0 Å². The van der Waals surface area contributed by atoms with Gasteiger partial charge in [-0.05, 0) is 54.7 Å². The molecule has 5 aromatic rings. The summed E-state index contributed by atoms with van der Waals surface area (Å²) in [7, 11) is 0. The molecule has 1 aromatic heterocycles. The zero-order chi connectivity index (χ0) is 22.3. The second-order valence-corrected chi connectivity index (χ2v) is 8.80. The average molecular weight is 431 g/mol. The normalized spacial score (nSPS) is 13.8. The standard InChI is InChI=1S/C30H26N2O/c1-22-28-21-27(33-26-17-18-26)19-20-29(28)32(31-22)30(23-11-5-2-6-12-23,24-13-7-3-8-14-24)25-15-9-4-10-16-25/h2-16,19-21,26H,17-18H2,1H3. The van der Waals surface area contributed by atoms with E-state index in [0.29, 0.717) is 6.10 Å². The minimum Gasteiger partial charge on any atom is -0.490 e. The predicted molar refractivity (Wildman–Crippen MR) is 133 cm³/mol. The minimum atomic E-state index is -0.616. The van der Waals surface area contributed by atoms with Crippen LogP contribution in [0, 0.1) is 6.92 Å². The molecule has 162 valence electrons. The first-order valence-electron chi connectivity index (χ1n) is 11.6. The number of rotatable bonds is 6. The van der Waals surface area contributed by atoms with Crippen LogP contribution in [-0.4, -0.2) is 15.9 Å². The number of ether oxygens (including phenoxy) is 1. The number of nitrogens with zero attached hydrogens (tertiary/aromatic N) is 2. The van der Waals surface area contributed by atoms with Crippen LogP contribution in [0.5, 0.6) is 5.75 Å². The van der Waals surface area contributed by atoms with E-state index in [9.17, 15) is 0 Å². The molecule has 3 heteroatoms. The zero-order valence-electron chi connectivity index (χ0n) is 18.7. The number of benzene rings is 4. The van der Waals surface area contributed by atoms with E-state index < -0.39 is 5.54 Å². The third-order valence-electron chi connectivity index (χ3n) is 6.56. The Kier molecular flexibility index (Phi) is 4.76. The topological polar surface area (TPSA) is 27.1 Å². The Balaban J connectivity index is 1.69. The number of hydrogen-bond acceptors (Lipinski definition) is 2. The molecule has 1 heterocycles. The zero-order valence-corrected chi connectivity index (χ0v) is 18.7. The Bertz CT molecular complexity index is 1290. The number of aromatic nitrogens is 2. The van der Waals surface area contributed by atoms with Crippen molar-refractivity contribution in [3.8, 4) is 5.75 Å². The van der Waals surface area contributed by atoms with Gasteiger partial charge in [0.15, 0.2) is 0 Å².